The number of amides is 2. The molecule has 1 aromatic rings. The first-order valence-corrected chi connectivity index (χ1v) is 8.02. The molecule has 0 saturated carbocycles. The van der Waals surface area contributed by atoms with Crippen LogP contribution in [0.1, 0.15) is 31.1 Å². The van der Waals surface area contributed by atoms with Crippen molar-refractivity contribution < 1.29 is 28.6 Å². The van der Waals surface area contributed by atoms with Gasteiger partial charge in [-0.25, -0.2) is 4.79 Å². The van der Waals surface area contributed by atoms with Crippen LogP contribution in [-0.2, 0) is 14.3 Å². The fourth-order valence-electron chi connectivity index (χ4n) is 2.12. The smallest absolute Gasteiger partial charge is 0.342 e. The van der Waals surface area contributed by atoms with Crippen molar-refractivity contribution in [3.05, 3.63) is 23.8 Å². The molecule has 2 amide bonds. The lowest BCUT2D eigenvalue weighted by molar-refractivity contribution is -0.137. The molecular weight excluding hydrogens is 340 g/mol. The Balaban J connectivity index is 2.65. The van der Waals surface area contributed by atoms with Gasteiger partial charge in [0.05, 0.1) is 20.8 Å². The van der Waals surface area contributed by atoms with Crippen LogP contribution in [0.5, 0.6) is 11.5 Å². The van der Waals surface area contributed by atoms with Crippen LogP contribution >= 0.6 is 0 Å². The SMILES string of the molecule is COc1cccc(C(=O)OCC(=O)N(C)CC(=O)NC(C)(C)C)c1OC. The molecule has 0 fully saturated rings. The monoisotopic (exact) mass is 366 g/mol. The fourth-order valence-corrected chi connectivity index (χ4v) is 2.12. The first kappa shape index (κ1) is 21.3. The third kappa shape index (κ3) is 6.27. The second-order valence-corrected chi connectivity index (χ2v) is 6.67. The topological polar surface area (TPSA) is 94.2 Å². The van der Waals surface area contributed by atoms with Gasteiger partial charge in [0.25, 0.3) is 5.91 Å². The molecule has 0 atom stereocenters. The van der Waals surface area contributed by atoms with Crippen LogP contribution < -0.4 is 14.8 Å². The summed E-state index contributed by atoms with van der Waals surface area (Å²) in [6.45, 7) is 4.91. The Bertz CT molecular complexity index is 666. The molecule has 0 aliphatic rings. The Hall–Kier alpha value is -2.77. The Morgan fingerprint density at radius 3 is 2.31 bits per heavy atom. The molecule has 1 rings (SSSR count). The van der Waals surface area contributed by atoms with Crippen LogP contribution in [-0.4, -0.2) is 62.6 Å². The number of para-hydroxylation sites is 1. The van der Waals surface area contributed by atoms with Gasteiger partial charge in [-0.15, -0.1) is 0 Å². The number of methoxy groups -OCH3 is 2. The predicted molar refractivity (Wildman–Crippen MR) is 95.4 cm³/mol. The van der Waals surface area contributed by atoms with Gasteiger partial charge in [0.1, 0.15) is 5.56 Å². The van der Waals surface area contributed by atoms with Crippen molar-refractivity contribution in [2.45, 2.75) is 26.3 Å². The standard InChI is InChI=1S/C18H26N2O6/c1-18(2,3)19-14(21)10-20(4)15(22)11-26-17(23)12-8-7-9-13(24-5)16(12)25-6/h7-9H,10-11H2,1-6H3,(H,19,21). The number of carbonyl (C=O) groups excluding carboxylic acids is 3. The first-order valence-electron chi connectivity index (χ1n) is 8.02. The molecule has 1 N–H and O–H groups in total. The highest BCUT2D eigenvalue weighted by Crippen LogP contribution is 2.31. The molecule has 0 aromatic heterocycles. The van der Waals surface area contributed by atoms with E-state index >= 15 is 0 Å². The Kier molecular flexibility index (Phi) is 7.42. The maximum atomic E-state index is 12.2. The van der Waals surface area contributed by atoms with E-state index in [4.69, 9.17) is 14.2 Å². The summed E-state index contributed by atoms with van der Waals surface area (Å²) in [7, 11) is 4.32. The van der Waals surface area contributed by atoms with E-state index in [1.165, 1.54) is 32.2 Å². The largest absolute Gasteiger partial charge is 0.493 e. The third-order valence-corrected chi connectivity index (χ3v) is 3.27. The maximum absolute atomic E-state index is 12.2. The van der Waals surface area contributed by atoms with Crippen molar-refractivity contribution in [3.8, 4) is 11.5 Å². The van der Waals surface area contributed by atoms with Crippen LogP contribution in [0, 0.1) is 0 Å². The van der Waals surface area contributed by atoms with E-state index in [9.17, 15) is 14.4 Å². The zero-order chi connectivity index (χ0) is 19.9. The molecule has 26 heavy (non-hydrogen) atoms. The maximum Gasteiger partial charge on any atom is 0.342 e. The highest BCUT2D eigenvalue weighted by atomic mass is 16.5. The van der Waals surface area contributed by atoms with Crippen LogP contribution in [0.2, 0.25) is 0 Å². The summed E-state index contributed by atoms with van der Waals surface area (Å²) in [4.78, 5) is 37.3. The lowest BCUT2D eigenvalue weighted by atomic mass is 10.1. The molecule has 0 aliphatic carbocycles. The quantitative estimate of drug-likeness (QED) is 0.730. The van der Waals surface area contributed by atoms with Crippen molar-refractivity contribution in [1.29, 1.82) is 0 Å². The lowest BCUT2D eigenvalue weighted by Gasteiger charge is -2.23. The molecule has 0 spiro atoms. The van der Waals surface area contributed by atoms with Crippen molar-refractivity contribution in [1.82, 2.24) is 10.2 Å². The highest BCUT2D eigenvalue weighted by molar-refractivity contribution is 5.95. The summed E-state index contributed by atoms with van der Waals surface area (Å²) in [5.74, 6) is -0.908. The number of rotatable bonds is 7. The van der Waals surface area contributed by atoms with Gasteiger partial charge in [-0.05, 0) is 32.9 Å². The molecule has 8 nitrogen and oxygen atoms in total. The summed E-state index contributed by atoms with van der Waals surface area (Å²) in [6.07, 6.45) is 0. The molecule has 0 bridgehead atoms. The molecule has 0 aliphatic heterocycles. The van der Waals surface area contributed by atoms with Gasteiger partial charge < -0.3 is 24.4 Å². The second-order valence-electron chi connectivity index (χ2n) is 6.67. The van der Waals surface area contributed by atoms with Gasteiger partial charge in [0.2, 0.25) is 5.91 Å². The molecular formula is C18H26N2O6. The van der Waals surface area contributed by atoms with E-state index in [1.54, 1.807) is 12.1 Å². The second kappa shape index (κ2) is 9.07. The summed E-state index contributed by atoms with van der Waals surface area (Å²) in [6, 6.07) is 4.76. The number of nitrogens with zero attached hydrogens (tertiary/aromatic N) is 1. The molecule has 0 radical (unpaired) electrons. The van der Waals surface area contributed by atoms with Crippen LogP contribution in [0.25, 0.3) is 0 Å². The van der Waals surface area contributed by atoms with E-state index in [2.05, 4.69) is 5.32 Å². The molecule has 8 heteroatoms. The zero-order valence-corrected chi connectivity index (χ0v) is 16.0. The number of benzene rings is 1. The fraction of sp³-hybridized carbons (Fsp3) is 0.500. The van der Waals surface area contributed by atoms with Gasteiger partial charge in [0, 0.05) is 12.6 Å². The molecule has 0 unspecified atom stereocenters. The normalized spacial score (nSPS) is 10.7. The van der Waals surface area contributed by atoms with Gasteiger partial charge >= 0.3 is 5.97 Å². The van der Waals surface area contributed by atoms with E-state index in [-0.39, 0.29) is 23.8 Å². The van der Waals surface area contributed by atoms with E-state index in [1.807, 2.05) is 20.8 Å². The van der Waals surface area contributed by atoms with E-state index in [0.717, 1.165) is 0 Å². The molecule has 1 aromatic carbocycles. The summed E-state index contributed by atoms with van der Waals surface area (Å²) >= 11 is 0. The summed E-state index contributed by atoms with van der Waals surface area (Å²) in [5.41, 5.74) is -0.246. The number of carbonyl (C=O) groups is 3. The van der Waals surface area contributed by atoms with Crippen LogP contribution in [0.4, 0.5) is 0 Å². The molecule has 0 saturated heterocycles. The molecule has 0 heterocycles. The van der Waals surface area contributed by atoms with Gasteiger partial charge in [-0.1, -0.05) is 6.07 Å². The van der Waals surface area contributed by atoms with Crippen molar-refractivity contribution in [2.75, 3.05) is 34.4 Å². The third-order valence-electron chi connectivity index (χ3n) is 3.27. The number of nitrogens with one attached hydrogen (secondary N) is 1. The van der Waals surface area contributed by atoms with E-state index in [0.29, 0.717) is 5.75 Å². The summed E-state index contributed by atoms with van der Waals surface area (Å²) in [5, 5.41) is 2.75. The van der Waals surface area contributed by atoms with Gasteiger partial charge in [-0.3, -0.25) is 9.59 Å². The number of likely N-dealkylation sites (N-methyl/N-ethyl adjacent to an activating group) is 1. The summed E-state index contributed by atoms with van der Waals surface area (Å²) < 4.78 is 15.3. The molecule has 144 valence electrons. The minimum Gasteiger partial charge on any atom is -0.493 e. The average molecular weight is 366 g/mol. The van der Waals surface area contributed by atoms with Crippen LogP contribution in [0.15, 0.2) is 18.2 Å². The first-order chi connectivity index (χ1) is 12.1. The lowest BCUT2D eigenvalue weighted by Crippen LogP contribution is -2.46. The Morgan fingerprint density at radius 2 is 1.77 bits per heavy atom. The zero-order valence-electron chi connectivity index (χ0n) is 16.0. The van der Waals surface area contributed by atoms with Gasteiger partial charge in [0.15, 0.2) is 18.1 Å². The Morgan fingerprint density at radius 1 is 1.12 bits per heavy atom. The highest BCUT2D eigenvalue weighted by Gasteiger charge is 2.21. The van der Waals surface area contributed by atoms with Gasteiger partial charge in [-0.2, -0.15) is 0 Å². The van der Waals surface area contributed by atoms with E-state index < -0.39 is 24.0 Å². The van der Waals surface area contributed by atoms with Crippen LogP contribution in [0.3, 0.4) is 0 Å². The number of hydrogen-bond acceptors (Lipinski definition) is 6. The predicted octanol–water partition coefficient (Wildman–Crippen LogP) is 1.23. The minimum absolute atomic E-state index is 0.129. The number of esters is 1. The average Bonchev–Trinajstić information content (AvgIpc) is 2.56. The number of ether oxygens (including phenoxy) is 3. The minimum atomic E-state index is -0.721. The van der Waals surface area contributed by atoms with Crippen molar-refractivity contribution >= 4 is 17.8 Å². The van der Waals surface area contributed by atoms with Crippen molar-refractivity contribution in [2.24, 2.45) is 0 Å². The van der Waals surface area contributed by atoms with Crippen molar-refractivity contribution in [3.63, 3.8) is 0 Å². The Labute approximate surface area is 153 Å². The number of hydrogen-bond donors (Lipinski definition) is 1.